The Morgan fingerprint density at radius 3 is 2.26 bits per heavy atom. The standard InChI is InChI=1S/C22H21F3N6O2.C2H6/c1-12-7-8-15(29-19(32)13-5-4-6-14(9-13)22(23,24)25)10-17(12)30-20(33)16-11-28-21(27-3)31-18(16)26-2;1-2/h4-11H,1-3H3,(H,29,32)(H,30,33)(H2,26,27,28,31);1-2H3. The van der Waals surface area contributed by atoms with E-state index < -0.39 is 23.6 Å². The normalized spacial score (nSPS) is 10.5. The molecule has 3 rings (SSSR count). The van der Waals surface area contributed by atoms with Gasteiger partial charge in [-0.05, 0) is 42.8 Å². The summed E-state index contributed by atoms with van der Waals surface area (Å²) in [6, 6.07) is 8.88. The summed E-state index contributed by atoms with van der Waals surface area (Å²) in [5, 5.41) is 10.9. The van der Waals surface area contributed by atoms with Crippen molar-refractivity contribution in [2.45, 2.75) is 26.9 Å². The number of alkyl halides is 3. The molecule has 0 saturated heterocycles. The maximum atomic E-state index is 12.9. The van der Waals surface area contributed by atoms with Gasteiger partial charge >= 0.3 is 6.18 Å². The molecular formula is C24H27F3N6O2. The molecule has 1 aromatic heterocycles. The van der Waals surface area contributed by atoms with Gasteiger partial charge in [0.2, 0.25) is 5.95 Å². The van der Waals surface area contributed by atoms with Crippen molar-refractivity contribution in [3.8, 4) is 0 Å². The Balaban J connectivity index is 0.00000210. The van der Waals surface area contributed by atoms with Gasteiger partial charge < -0.3 is 21.3 Å². The summed E-state index contributed by atoms with van der Waals surface area (Å²) in [7, 11) is 3.27. The van der Waals surface area contributed by atoms with Gasteiger partial charge in [-0.25, -0.2) is 4.98 Å². The fourth-order valence-electron chi connectivity index (χ4n) is 2.92. The third-order valence-corrected chi connectivity index (χ3v) is 4.69. The Morgan fingerprint density at radius 2 is 1.63 bits per heavy atom. The number of nitrogens with one attached hydrogen (secondary N) is 4. The highest BCUT2D eigenvalue weighted by Crippen LogP contribution is 2.30. The minimum Gasteiger partial charge on any atom is -0.372 e. The van der Waals surface area contributed by atoms with E-state index in [2.05, 4.69) is 31.2 Å². The number of nitrogens with zero attached hydrogens (tertiary/aromatic N) is 2. The monoisotopic (exact) mass is 488 g/mol. The van der Waals surface area contributed by atoms with Crippen molar-refractivity contribution >= 4 is 35.0 Å². The predicted octanol–water partition coefficient (Wildman–Crippen LogP) is 5.42. The molecule has 4 N–H and O–H groups in total. The summed E-state index contributed by atoms with van der Waals surface area (Å²) < 4.78 is 38.8. The Hall–Kier alpha value is -4.15. The number of aromatic nitrogens is 2. The van der Waals surface area contributed by atoms with Crippen LogP contribution in [0, 0.1) is 6.92 Å². The third kappa shape index (κ3) is 6.92. The van der Waals surface area contributed by atoms with Gasteiger partial charge in [-0.1, -0.05) is 26.0 Å². The molecule has 0 fully saturated rings. The number of hydrogen-bond donors (Lipinski definition) is 4. The fraction of sp³-hybridized carbons (Fsp3) is 0.250. The van der Waals surface area contributed by atoms with Crippen LogP contribution >= 0.6 is 0 Å². The quantitative estimate of drug-likeness (QED) is 0.369. The zero-order chi connectivity index (χ0) is 26.2. The minimum absolute atomic E-state index is 0.142. The number of benzene rings is 2. The summed E-state index contributed by atoms with van der Waals surface area (Å²) in [4.78, 5) is 33.5. The average molecular weight is 489 g/mol. The number of carbonyl (C=O) groups excluding carboxylic acids is 2. The molecule has 2 amide bonds. The van der Waals surface area contributed by atoms with E-state index in [4.69, 9.17) is 0 Å². The second-order valence-corrected chi connectivity index (χ2v) is 6.97. The summed E-state index contributed by atoms with van der Waals surface area (Å²) in [5.41, 5.74) is 0.555. The molecule has 0 atom stereocenters. The van der Waals surface area contributed by atoms with Crippen molar-refractivity contribution in [1.82, 2.24) is 9.97 Å². The molecule has 0 aliphatic carbocycles. The van der Waals surface area contributed by atoms with E-state index in [1.165, 1.54) is 24.4 Å². The van der Waals surface area contributed by atoms with Crippen LogP contribution in [0.25, 0.3) is 0 Å². The lowest BCUT2D eigenvalue weighted by Gasteiger charge is -2.14. The second-order valence-electron chi connectivity index (χ2n) is 6.97. The van der Waals surface area contributed by atoms with E-state index in [1.807, 2.05) is 13.8 Å². The van der Waals surface area contributed by atoms with E-state index in [0.717, 1.165) is 12.1 Å². The van der Waals surface area contributed by atoms with E-state index in [9.17, 15) is 22.8 Å². The van der Waals surface area contributed by atoms with Crippen LogP contribution in [0.5, 0.6) is 0 Å². The number of aryl methyl sites for hydroxylation is 1. The first-order chi connectivity index (χ1) is 16.6. The lowest BCUT2D eigenvalue weighted by Crippen LogP contribution is -2.17. The fourth-order valence-corrected chi connectivity index (χ4v) is 2.92. The number of anilines is 4. The van der Waals surface area contributed by atoms with Crippen LogP contribution in [0.4, 0.5) is 36.3 Å². The van der Waals surface area contributed by atoms with Gasteiger partial charge in [0, 0.05) is 37.2 Å². The number of carbonyl (C=O) groups is 2. The Labute approximate surface area is 201 Å². The molecule has 35 heavy (non-hydrogen) atoms. The first-order valence-corrected chi connectivity index (χ1v) is 10.8. The van der Waals surface area contributed by atoms with Gasteiger partial charge in [-0.3, -0.25) is 9.59 Å². The number of rotatable bonds is 6. The number of halogens is 3. The largest absolute Gasteiger partial charge is 0.416 e. The Morgan fingerprint density at radius 1 is 0.914 bits per heavy atom. The van der Waals surface area contributed by atoms with Crippen LogP contribution in [0.1, 0.15) is 45.7 Å². The van der Waals surface area contributed by atoms with Crippen molar-refractivity contribution < 1.29 is 22.8 Å². The maximum Gasteiger partial charge on any atom is 0.416 e. The van der Waals surface area contributed by atoms with Crippen LogP contribution in [0.3, 0.4) is 0 Å². The van der Waals surface area contributed by atoms with Gasteiger partial charge in [0.25, 0.3) is 11.8 Å². The molecule has 0 bridgehead atoms. The Kier molecular flexibility index (Phi) is 9.15. The van der Waals surface area contributed by atoms with Crippen LogP contribution in [-0.4, -0.2) is 35.9 Å². The maximum absolute atomic E-state index is 12.9. The minimum atomic E-state index is -4.56. The molecule has 0 radical (unpaired) electrons. The Bertz CT molecular complexity index is 1200. The molecule has 2 aromatic carbocycles. The molecule has 0 aliphatic rings. The molecule has 11 heteroatoms. The molecule has 0 spiro atoms. The summed E-state index contributed by atoms with van der Waals surface area (Å²) in [6.07, 6.45) is -3.19. The summed E-state index contributed by atoms with van der Waals surface area (Å²) in [5.74, 6) is -0.535. The highest BCUT2D eigenvalue weighted by atomic mass is 19.4. The van der Waals surface area contributed by atoms with Crippen LogP contribution in [0.2, 0.25) is 0 Å². The predicted molar refractivity (Wildman–Crippen MR) is 131 cm³/mol. The molecule has 1 heterocycles. The molecule has 0 aliphatic heterocycles. The van der Waals surface area contributed by atoms with Crippen LogP contribution in [-0.2, 0) is 6.18 Å². The zero-order valence-electron chi connectivity index (χ0n) is 20.0. The van der Waals surface area contributed by atoms with Gasteiger partial charge in [-0.2, -0.15) is 18.2 Å². The SMILES string of the molecule is CC.CNc1ncc(C(=O)Nc2cc(NC(=O)c3cccc(C(F)(F)F)c3)ccc2C)c(NC)n1. The van der Waals surface area contributed by atoms with Gasteiger partial charge in [0.15, 0.2) is 0 Å². The lowest BCUT2D eigenvalue weighted by molar-refractivity contribution is -0.137. The summed E-state index contributed by atoms with van der Waals surface area (Å²) in [6.45, 7) is 5.76. The van der Waals surface area contributed by atoms with Gasteiger partial charge in [0.05, 0.1) is 5.56 Å². The van der Waals surface area contributed by atoms with Crippen LogP contribution < -0.4 is 21.3 Å². The molecular weight excluding hydrogens is 461 g/mol. The van der Waals surface area contributed by atoms with E-state index >= 15 is 0 Å². The first kappa shape index (κ1) is 27.1. The zero-order valence-corrected chi connectivity index (χ0v) is 20.0. The van der Waals surface area contributed by atoms with Crippen LogP contribution in [0.15, 0.2) is 48.7 Å². The molecule has 0 unspecified atom stereocenters. The topological polar surface area (TPSA) is 108 Å². The lowest BCUT2D eigenvalue weighted by atomic mass is 10.1. The first-order valence-electron chi connectivity index (χ1n) is 10.8. The average Bonchev–Trinajstić information content (AvgIpc) is 2.86. The summed E-state index contributed by atoms with van der Waals surface area (Å²) >= 11 is 0. The molecule has 3 aromatic rings. The number of amides is 2. The third-order valence-electron chi connectivity index (χ3n) is 4.69. The van der Waals surface area contributed by atoms with Crippen molar-refractivity contribution in [3.63, 3.8) is 0 Å². The molecule has 8 nitrogen and oxygen atoms in total. The highest BCUT2D eigenvalue weighted by Gasteiger charge is 2.30. The highest BCUT2D eigenvalue weighted by molar-refractivity contribution is 6.08. The van der Waals surface area contributed by atoms with Crippen molar-refractivity contribution in [3.05, 3.63) is 70.9 Å². The second kappa shape index (κ2) is 11.8. The van der Waals surface area contributed by atoms with Crippen molar-refractivity contribution in [2.75, 3.05) is 35.4 Å². The van der Waals surface area contributed by atoms with Crippen molar-refractivity contribution in [2.24, 2.45) is 0 Å². The smallest absolute Gasteiger partial charge is 0.372 e. The van der Waals surface area contributed by atoms with E-state index in [1.54, 1.807) is 33.2 Å². The molecule has 186 valence electrons. The number of hydrogen-bond acceptors (Lipinski definition) is 6. The van der Waals surface area contributed by atoms with Crippen molar-refractivity contribution in [1.29, 1.82) is 0 Å². The van der Waals surface area contributed by atoms with Gasteiger partial charge in [-0.15, -0.1) is 0 Å². The van der Waals surface area contributed by atoms with E-state index in [0.29, 0.717) is 28.7 Å². The van der Waals surface area contributed by atoms with E-state index in [-0.39, 0.29) is 11.1 Å². The van der Waals surface area contributed by atoms with Gasteiger partial charge in [0.1, 0.15) is 11.4 Å². The molecule has 0 saturated carbocycles.